The Balaban J connectivity index is 2.26. The fourth-order valence-electron chi connectivity index (χ4n) is 1.32. The van der Waals surface area contributed by atoms with Crippen molar-refractivity contribution < 1.29 is 0 Å². The Hall–Kier alpha value is -0.990. The summed E-state index contributed by atoms with van der Waals surface area (Å²) in [6, 6.07) is 10.4. The van der Waals surface area contributed by atoms with E-state index in [1.807, 2.05) is 13.0 Å². The lowest BCUT2D eigenvalue weighted by atomic mass is 10.2. The second-order valence-electron chi connectivity index (χ2n) is 3.69. The van der Waals surface area contributed by atoms with E-state index in [1.54, 1.807) is 18.0 Å². The van der Waals surface area contributed by atoms with Gasteiger partial charge in [-0.25, -0.2) is 4.98 Å². The number of aromatic nitrogens is 1. The van der Waals surface area contributed by atoms with Gasteiger partial charge in [-0.3, -0.25) is 0 Å². The molecule has 0 bridgehead atoms. The number of pyridine rings is 1. The van der Waals surface area contributed by atoms with Gasteiger partial charge in [-0.1, -0.05) is 41.1 Å². The van der Waals surface area contributed by atoms with Crippen molar-refractivity contribution in [2.75, 3.05) is 0 Å². The van der Waals surface area contributed by atoms with E-state index in [1.165, 1.54) is 10.5 Å². The molecule has 0 atom stereocenters. The highest BCUT2D eigenvalue weighted by molar-refractivity contribution is 7.99. The lowest BCUT2D eigenvalue weighted by Gasteiger charge is -2.05. The summed E-state index contributed by atoms with van der Waals surface area (Å²) in [5.74, 6) is 0. The minimum atomic E-state index is 0.542. The van der Waals surface area contributed by atoms with Gasteiger partial charge in [0.05, 0.1) is 0 Å². The summed E-state index contributed by atoms with van der Waals surface area (Å²) in [6.07, 6.45) is 1.80. The first-order valence-corrected chi connectivity index (χ1v) is 6.21. The van der Waals surface area contributed by atoms with E-state index in [9.17, 15) is 0 Å². The third kappa shape index (κ3) is 2.77. The fraction of sp³-hybridized carbons (Fsp3) is 0.154. The molecule has 0 amide bonds. The van der Waals surface area contributed by atoms with Gasteiger partial charge < -0.3 is 0 Å². The summed E-state index contributed by atoms with van der Waals surface area (Å²) in [5.41, 5.74) is 2.42. The monoisotopic (exact) mass is 249 g/mol. The van der Waals surface area contributed by atoms with Crippen LogP contribution in [0.3, 0.4) is 0 Å². The molecule has 1 aromatic heterocycles. The summed E-state index contributed by atoms with van der Waals surface area (Å²) in [5, 5.41) is 0.542. The van der Waals surface area contributed by atoms with Gasteiger partial charge in [0, 0.05) is 16.0 Å². The molecule has 1 aromatic carbocycles. The van der Waals surface area contributed by atoms with E-state index >= 15 is 0 Å². The van der Waals surface area contributed by atoms with Gasteiger partial charge in [-0.05, 0) is 37.6 Å². The van der Waals surface area contributed by atoms with Gasteiger partial charge in [0.1, 0.15) is 5.15 Å². The standard InChI is InChI=1S/C13H12ClNS/c1-9-3-5-11(6-4-9)16-12-7-13(14)15-8-10(12)2/h3-8H,1-2H3. The molecule has 0 spiro atoms. The predicted octanol–water partition coefficient (Wildman–Crippen LogP) is 4.50. The molecule has 0 radical (unpaired) electrons. The van der Waals surface area contributed by atoms with Crippen LogP contribution < -0.4 is 0 Å². The molecule has 1 heterocycles. The number of rotatable bonds is 2. The van der Waals surface area contributed by atoms with E-state index < -0.39 is 0 Å². The maximum absolute atomic E-state index is 5.88. The predicted molar refractivity (Wildman–Crippen MR) is 69.3 cm³/mol. The molecule has 82 valence electrons. The third-order valence-corrected chi connectivity index (χ3v) is 3.64. The van der Waals surface area contributed by atoms with Gasteiger partial charge >= 0.3 is 0 Å². The maximum atomic E-state index is 5.88. The van der Waals surface area contributed by atoms with E-state index in [4.69, 9.17) is 11.6 Å². The SMILES string of the molecule is Cc1ccc(Sc2cc(Cl)ncc2C)cc1. The molecular formula is C13H12ClNS. The van der Waals surface area contributed by atoms with E-state index in [-0.39, 0.29) is 0 Å². The number of nitrogens with zero attached hydrogens (tertiary/aromatic N) is 1. The number of hydrogen-bond donors (Lipinski definition) is 0. The summed E-state index contributed by atoms with van der Waals surface area (Å²) < 4.78 is 0. The molecule has 0 unspecified atom stereocenters. The van der Waals surface area contributed by atoms with Crippen LogP contribution >= 0.6 is 23.4 Å². The molecule has 3 heteroatoms. The Labute approximate surface area is 105 Å². The second-order valence-corrected chi connectivity index (χ2v) is 5.19. The smallest absolute Gasteiger partial charge is 0.130 e. The van der Waals surface area contributed by atoms with Crippen LogP contribution in [0.1, 0.15) is 11.1 Å². The van der Waals surface area contributed by atoms with Gasteiger partial charge in [-0.15, -0.1) is 0 Å². The minimum absolute atomic E-state index is 0.542. The van der Waals surface area contributed by atoms with Crippen molar-refractivity contribution in [1.82, 2.24) is 4.98 Å². The Bertz CT molecular complexity index is 494. The maximum Gasteiger partial charge on any atom is 0.130 e. The zero-order chi connectivity index (χ0) is 11.5. The number of aryl methyl sites for hydroxylation is 2. The molecule has 16 heavy (non-hydrogen) atoms. The lowest BCUT2D eigenvalue weighted by molar-refractivity contribution is 1.18. The van der Waals surface area contributed by atoms with Gasteiger partial charge in [0.25, 0.3) is 0 Å². The van der Waals surface area contributed by atoms with Crippen LogP contribution in [0.15, 0.2) is 46.3 Å². The average Bonchev–Trinajstić information content (AvgIpc) is 2.27. The largest absolute Gasteiger partial charge is 0.244 e. The topological polar surface area (TPSA) is 12.9 Å². The van der Waals surface area contributed by atoms with E-state index in [2.05, 4.69) is 36.2 Å². The van der Waals surface area contributed by atoms with E-state index in [0.29, 0.717) is 5.15 Å². The summed E-state index contributed by atoms with van der Waals surface area (Å²) in [4.78, 5) is 6.42. The Kier molecular flexibility index (Phi) is 3.52. The summed E-state index contributed by atoms with van der Waals surface area (Å²) >= 11 is 7.60. The highest BCUT2D eigenvalue weighted by Gasteiger charge is 2.02. The van der Waals surface area contributed by atoms with Crippen LogP contribution in [0, 0.1) is 13.8 Å². The third-order valence-electron chi connectivity index (χ3n) is 2.27. The summed E-state index contributed by atoms with van der Waals surface area (Å²) in [7, 11) is 0. The normalized spacial score (nSPS) is 10.4. The average molecular weight is 250 g/mol. The van der Waals surface area contributed by atoms with Crippen LogP contribution in [0.4, 0.5) is 0 Å². The first-order valence-electron chi connectivity index (χ1n) is 5.02. The van der Waals surface area contributed by atoms with Crippen LogP contribution in [0.2, 0.25) is 5.15 Å². The highest BCUT2D eigenvalue weighted by Crippen LogP contribution is 2.31. The second kappa shape index (κ2) is 4.89. The van der Waals surface area contributed by atoms with Crippen molar-refractivity contribution >= 4 is 23.4 Å². The van der Waals surface area contributed by atoms with Crippen molar-refractivity contribution in [3.8, 4) is 0 Å². The van der Waals surface area contributed by atoms with Crippen LogP contribution in [0.25, 0.3) is 0 Å². The van der Waals surface area contributed by atoms with Crippen molar-refractivity contribution in [3.05, 3.63) is 52.8 Å². The van der Waals surface area contributed by atoms with Gasteiger partial charge in [0.2, 0.25) is 0 Å². The van der Waals surface area contributed by atoms with Crippen molar-refractivity contribution in [1.29, 1.82) is 0 Å². The molecule has 0 aliphatic heterocycles. The molecular weight excluding hydrogens is 238 g/mol. The fourth-order valence-corrected chi connectivity index (χ4v) is 2.46. The van der Waals surface area contributed by atoms with Crippen molar-refractivity contribution in [3.63, 3.8) is 0 Å². The van der Waals surface area contributed by atoms with Gasteiger partial charge in [0.15, 0.2) is 0 Å². The molecule has 0 saturated heterocycles. The quantitative estimate of drug-likeness (QED) is 0.727. The van der Waals surface area contributed by atoms with E-state index in [0.717, 1.165) is 10.5 Å². The zero-order valence-corrected chi connectivity index (χ0v) is 10.8. The molecule has 0 saturated carbocycles. The summed E-state index contributed by atoms with van der Waals surface area (Å²) in [6.45, 7) is 4.13. The molecule has 1 nitrogen and oxygen atoms in total. The number of halogens is 1. The Morgan fingerprint density at radius 3 is 2.50 bits per heavy atom. The molecule has 0 aliphatic rings. The Morgan fingerprint density at radius 2 is 1.81 bits per heavy atom. The number of hydrogen-bond acceptors (Lipinski definition) is 2. The van der Waals surface area contributed by atoms with Crippen LogP contribution in [-0.4, -0.2) is 4.98 Å². The highest BCUT2D eigenvalue weighted by atomic mass is 35.5. The molecule has 0 fully saturated rings. The first-order chi connectivity index (χ1) is 7.65. The van der Waals surface area contributed by atoms with Crippen molar-refractivity contribution in [2.24, 2.45) is 0 Å². The molecule has 0 aliphatic carbocycles. The molecule has 2 aromatic rings. The lowest BCUT2D eigenvalue weighted by Crippen LogP contribution is -1.83. The molecule has 0 N–H and O–H groups in total. The van der Waals surface area contributed by atoms with Crippen LogP contribution in [0.5, 0.6) is 0 Å². The number of benzene rings is 1. The molecule has 2 rings (SSSR count). The van der Waals surface area contributed by atoms with Crippen molar-refractivity contribution in [2.45, 2.75) is 23.6 Å². The first kappa shape index (κ1) is 11.5. The zero-order valence-electron chi connectivity index (χ0n) is 9.20. The van der Waals surface area contributed by atoms with Crippen LogP contribution in [-0.2, 0) is 0 Å². The van der Waals surface area contributed by atoms with Gasteiger partial charge in [-0.2, -0.15) is 0 Å². The minimum Gasteiger partial charge on any atom is -0.244 e. The Morgan fingerprint density at radius 1 is 1.12 bits per heavy atom.